The largest absolute Gasteiger partial charge is 0.477 e. The lowest BCUT2D eigenvalue weighted by Gasteiger charge is -2.31. The number of nitrogens with zero attached hydrogens (tertiary/aromatic N) is 1. The topological polar surface area (TPSA) is 99.1 Å². The van der Waals surface area contributed by atoms with E-state index in [-0.39, 0.29) is 36.7 Å². The van der Waals surface area contributed by atoms with Crippen molar-refractivity contribution in [1.82, 2.24) is 0 Å². The average Bonchev–Trinajstić information content (AvgIpc) is 3.14. The number of carboxylic acids is 1. The minimum atomic E-state index is -0.889. The number of hydrogen-bond donors (Lipinski definition) is 1. The molecule has 8 nitrogen and oxygen atoms in total. The summed E-state index contributed by atoms with van der Waals surface area (Å²) in [5, 5.41) is 9.59. The van der Waals surface area contributed by atoms with E-state index < -0.39 is 24.1 Å². The summed E-state index contributed by atoms with van der Waals surface area (Å²) >= 11 is 0. The van der Waals surface area contributed by atoms with Gasteiger partial charge in [-0.15, -0.1) is 0 Å². The fourth-order valence-corrected chi connectivity index (χ4v) is 6.33. The minimum Gasteiger partial charge on any atom is -0.477 e. The predicted molar refractivity (Wildman–Crippen MR) is 229 cm³/mol. The molecule has 0 aliphatic carbocycles. The number of quaternary nitrogens is 1. The molecule has 0 rings (SSSR count). The summed E-state index contributed by atoms with van der Waals surface area (Å²) in [4.78, 5) is 36.8. The number of likely N-dealkylation sites (N-methyl/N-ethyl adjacent to an activating group) is 1. The number of carboxylic acid groups (broad SMARTS) is 1. The second kappa shape index (κ2) is 38.2. The van der Waals surface area contributed by atoms with Crippen molar-refractivity contribution in [3.05, 3.63) is 48.6 Å². The third-order valence-electron chi connectivity index (χ3n) is 9.75. The molecule has 0 saturated carbocycles. The molecule has 2 unspecified atom stereocenters. The quantitative estimate of drug-likeness (QED) is 0.0287. The van der Waals surface area contributed by atoms with Gasteiger partial charge >= 0.3 is 17.9 Å². The van der Waals surface area contributed by atoms with Crippen LogP contribution in [0.1, 0.15) is 181 Å². The molecule has 55 heavy (non-hydrogen) atoms. The van der Waals surface area contributed by atoms with E-state index in [4.69, 9.17) is 14.2 Å². The molecule has 0 heterocycles. The summed E-state index contributed by atoms with van der Waals surface area (Å²) in [5.74, 6) is -1.63. The molecule has 1 N–H and O–H groups in total. The normalized spacial score (nSPS) is 13.4. The van der Waals surface area contributed by atoms with Gasteiger partial charge in [-0.2, -0.15) is 0 Å². The van der Waals surface area contributed by atoms with E-state index in [9.17, 15) is 19.5 Å². The molecular formula is C47H84NO7+. The fourth-order valence-electron chi connectivity index (χ4n) is 6.33. The van der Waals surface area contributed by atoms with Gasteiger partial charge in [0.2, 0.25) is 0 Å². The summed E-state index contributed by atoms with van der Waals surface area (Å²) in [6.45, 7) is 4.50. The summed E-state index contributed by atoms with van der Waals surface area (Å²) < 4.78 is 17.1. The number of carbonyl (C=O) groups is 3. The SMILES string of the molecule is CC/C=C/C/C=C/C/C=C/CC(=O)OC(COCCC(C(=O)O)[N+](C)(C)C)COC(=O)CCCCCCCCC/C=C/CCCCCCCCCCCCC. The first-order chi connectivity index (χ1) is 26.6. The number of esters is 2. The van der Waals surface area contributed by atoms with Crippen LogP contribution in [0.25, 0.3) is 0 Å². The van der Waals surface area contributed by atoms with Gasteiger partial charge in [0.05, 0.1) is 40.8 Å². The molecular weight excluding hydrogens is 691 g/mol. The first-order valence-corrected chi connectivity index (χ1v) is 22.2. The lowest BCUT2D eigenvalue weighted by molar-refractivity contribution is -0.887. The monoisotopic (exact) mass is 775 g/mol. The third-order valence-corrected chi connectivity index (χ3v) is 9.75. The van der Waals surface area contributed by atoms with Gasteiger partial charge < -0.3 is 23.8 Å². The maximum absolute atomic E-state index is 12.6. The van der Waals surface area contributed by atoms with Gasteiger partial charge in [0.25, 0.3) is 0 Å². The number of allylic oxidation sites excluding steroid dienone is 7. The van der Waals surface area contributed by atoms with E-state index >= 15 is 0 Å². The average molecular weight is 775 g/mol. The van der Waals surface area contributed by atoms with Crippen molar-refractivity contribution in [2.24, 2.45) is 0 Å². The van der Waals surface area contributed by atoms with Crippen LogP contribution in [0.4, 0.5) is 0 Å². The van der Waals surface area contributed by atoms with E-state index in [1.54, 1.807) is 6.08 Å². The van der Waals surface area contributed by atoms with Crippen LogP contribution in [0.3, 0.4) is 0 Å². The summed E-state index contributed by atoms with van der Waals surface area (Å²) in [6, 6.07) is -0.628. The Morgan fingerprint density at radius 3 is 1.58 bits per heavy atom. The third kappa shape index (κ3) is 36.7. The van der Waals surface area contributed by atoms with Gasteiger partial charge in [-0.05, 0) is 51.4 Å². The Hall–Kier alpha value is -2.71. The van der Waals surface area contributed by atoms with Crippen LogP contribution in [0.15, 0.2) is 48.6 Å². The van der Waals surface area contributed by atoms with Gasteiger partial charge in [-0.3, -0.25) is 9.59 Å². The maximum atomic E-state index is 12.6. The first-order valence-electron chi connectivity index (χ1n) is 22.2. The molecule has 8 heteroatoms. The van der Waals surface area contributed by atoms with Gasteiger partial charge in [-0.25, -0.2) is 4.79 Å². The molecule has 0 aromatic heterocycles. The van der Waals surface area contributed by atoms with Crippen LogP contribution in [-0.2, 0) is 28.6 Å². The highest BCUT2D eigenvalue weighted by atomic mass is 16.6. The lowest BCUT2D eigenvalue weighted by Crippen LogP contribution is -2.50. The van der Waals surface area contributed by atoms with E-state index in [1.165, 1.54) is 109 Å². The van der Waals surface area contributed by atoms with Crippen molar-refractivity contribution in [2.45, 2.75) is 193 Å². The molecule has 318 valence electrons. The smallest absolute Gasteiger partial charge is 0.362 e. The molecule has 0 fully saturated rings. The van der Waals surface area contributed by atoms with Crippen molar-refractivity contribution in [1.29, 1.82) is 0 Å². The summed E-state index contributed by atoms with van der Waals surface area (Å²) in [6.07, 6.45) is 45.0. The molecule has 0 saturated heterocycles. The number of carbonyl (C=O) groups excluding carboxylic acids is 2. The van der Waals surface area contributed by atoms with E-state index in [1.807, 2.05) is 27.2 Å². The minimum absolute atomic E-state index is 0.0232. The highest BCUT2D eigenvalue weighted by Gasteiger charge is 2.31. The van der Waals surface area contributed by atoms with Crippen LogP contribution in [0, 0.1) is 0 Å². The Kier molecular flexibility index (Phi) is 36.3. The molecule has 0 spiro atoms. The molecule has 0 aliphatic rings. The molecule has 0 radical (unpaired) electrons. The fraction of sp³-hybridized carbons (Fsp3) is 0.766. The molecule has 0 aliphatic heterocycles. The number of ether oxygens (including phenoxy) is 3. The van der Waals surface area contributed by atoms with Crippen molar-refractivity contribution >= 4 is 17.9 Å². The Balaban J connectivity index is 4.23. The van der Waals surface area contributed by atoms with Crippen molar-refractivity contribution in [3.63, 3.8) is 0 Å². The molecule has 2 atom stereocenters. The molecule has 0 bridgehead atoms. The maximum Gasteiger partial charge on any atom is 0.362 e. The van der Waals surface area contributed by atoms with Crippen LogP contribution in [-0.4, -0.2) is 80.6 Å². The van der Waals surface area contributed by atoms with Gasteiger partial charge in [-0.1, -0.05) is 159 Å². The number of aliphatic carboxylic acids is 1. The predicted octanol–water partition coefficient (Wildman–Crippen LogP) is 12.0. The van der Waals surface area contributed by atoms with Crippen molar-refractivity contribution in [2.75, 3.05) is 41.0 Å². The highest BCUT2D eigenvalue weighted by Crippen LogP contribution is 2.14. The van der Waals surface area contributed by atoms with Crippen molar-refractivity contribution < 1.29 is 38.2 Å². The zero-order valence-electron chi connectivity index (χ0n) is 36.1. The Labute approximate surface area is 337 Å². The van der Waals surface area contributed by atoms with Crippen molar-refractivity contribution in [3.8, 4) is 0 Å². The Bertz CT molecular complexity index is 1040. The Morgan fingerprint density at radius 2 is 1.07 bits per heavy atom. The summed E-state index contributed by atoms with van der Waals surface area (Å²) in [7, 11) is 5.49. The van der Waals surface area contributed by atoms with Gasteiger partial charge in [0.15, 0.2) is 12.1 Å². The zero-order valence-corrected chi connectivity index (χ0v) is 36.1. The second-order valence-corrected chi connectivity index (χ2v) is 15.9. The molecule has 0 aromatic rings. The van der Waals surface area contributed by atoms with Gasteiger partial charge in [0, 0.05) is 12.8 Å². The van der Waals surface area contributed by atoms with Crippen LogP contribution in [0.5, 0.6) is 0 Å². The highest BCUT2D eigenvalue weighted by molar-refractivity contribution is 5.72. The molecule has 0 aromatic carbocycles. The lowest BCUT2D eigenvalue weighted by atomic mass is 10.0. The van der Waals surface area contributed by atoms with E-state index in [0.29, 0.717) is 12.8 Å². The standard InChI is InChI=1S/C47H83NO7/c1-6-8-10-12-14-16-17-18-19-20-21-22-23-24-25-26-27-28-30-31-33-35-37-45(49)54-42-43(41-53-40-39-44(47(51)52)48(3,4)5)55-46(50)38-36-34-32-29-15-13-11-9-7-2/h9,11,15,23-24,29,34,36,43-44H,6-8,10,12-14,16-22,25-28,30-33,35,37-42H2,1-5H3/p+1/b11-9+,24-23+,29-15+,36-34+. The Morgan fingerprint density at radius 1 is 0.582 bits per heavy atom. The molecule has 0 amide bonds. The van der Waals surface area contributed by atoms with Crippen LogP contribution >= 0.6 is 0 Å². The number of unbranched alkanes of at least 4 members (excludes halogenated alkanes) is 18. The second-order valence-electron chi connectivity index (χ2n) is 15.9. The first kappa shape index (κ1) is 52.3. The zero-order chi connectivity index (χ0) is 40.7. The van der Waals surface area contributed by atoms with Gasteiger partial charge in [0.1, 0.15) is 6.61 Å². The number of hydrogen-bond acceptors (Lipinski definition) is 6. The van der Waals surface area contributed by atoms with E-state index in [0.717, 1.165) is 38.5 Å². The summed E-state index contributed by atoms with van der Waals surface area (Å²) in [5.41, 5.74) is 0. The van der Waals surface area contributed by atoms with Crippen LogP contribution in [0.2, 0.25) is 0 Å². The van der Waals surface area contributed by atoms with E-state index in [2.05, 4.69) is 50.3 Å². The number of rotatable bonds is 39. The van der Waals surface area contributed by atoms with Crippen LogP contribution < -0.4 is 0 Å².